The molecule has 3 N–H and O–H groups in total. The van der Waals surface area contributed by atoms with Gasteiger partial charge in [-0.1, -0.05) is 26.0 Å². The van der Waals surface area contributed by atoms with Gasteiger partial charge in [-0.15, -0.1) is 11.8 Å². The van der Waals surface area contributed by atoms with Crippen molar-refractivity contribution in [3.63, 3.8) is 0 Å². The van der Waals surface area contributed by atoms with Gasteiger partial charge < -0.3 is 15.4 Å². The van der Waals surface area contributed by atoms with Crippen molar-refractivity contribution in [1.82, 2.24) is 15.3 Å². The summed E-state index contributed by atoms with van der Waals surface area (Å²) in [5.41, 5.74) is 1.86. The summed E-state index contributed by atoms with van der Waals surface area (Å²) >= 11 is 1.42. The van der Waals surface area contributed by atoms with Gasteiger partial charge in [-0.05, 0) is 25.0 Å². The lowest BCUT2D eigenvalue weighted by atomic mass is 10.1. The van der Waals surface area contributed by atoms with Crippen LogP contribution in [0.25, 0.3) is 11.0 Å². The van der Waals surface area contributed by atoms with Crippen LogP contribution >= 0.6 is 11.8 Å². The molecule has 1 aromatic carbocycles. The van der Waals surface area contributed by atoms with E-state index in [1.807, 2.05) is 31.2 Å². The topological polar surface area (TPSA) is 95.1 Å². The second-order valence-electron chi connectivity index (χ2n) is 5.72. The average molecular weight is 335 g/mol. The van der Waals surface area contributed by atoms with Crippen LogP contribution in [0, 0.1) is 5.92 Å². The number of benzene rings is 1. The second-order valence-corrected chi connectivity index (χ2v) is 7.05. The Bertz CT molecular complexity index is 666. The Morgan fingerprint density at radius 3 is 2.61 bits per heavy atom. The lowest BCUT2D eigenvalue weighted by Gasteiger charge is -2.18. The zero-order chi connectivity index (χ0) is 17.0. The number of carboxylic acid groups (broad SMARTS) is 1. The van der Waals surface area contributed by atoms with Crippen molar-refractivity contribution < 1.29 is 14.7 Å². The number of carboxylic acids is 1. The van der Waals surface area contributed by atoms with Crippen molar-refractivity contribution in [3.8, 4) is 0 Å². The smallest absolute Gasteiger partial charge is 0.326 e. The molecule has 0 spiro atoms. The zero-order valence-corrected chi connectivity index (χ0v) is 14.2. The Balaban J connectivity index is 1.91. The molecule has 0 saturated heterocycles. The van der Waals surface area contributed by atoms with Crippen molar-refractivity contribution in [1.29, 1.82) is 0 Å². The van der Waals surface area contributed by atoms with Crippen LogP contribution in [-0.2, 0) is 9.59 Å². The summed E-state index contributed by atoms with van der Waals surface area (Å²) in [5, 5.41) is 11.7. The van der Waals surface area contributed by atoms with E-state index in [-0.39, 0.29) is 22.8 Å². The second kappa shape index (κ2) is 7.50. The molecule has 7 heteroatoms. The molecule has 2 aromatic rings. The average Bonchev–Trinajstić information content (AvgIpc) is 2.93. The number of para-hydroxylation sites is 2. The number of nitrogens with zero attached hydrogens (tertiary/aromatic N) is 1. The number of rotatable bonds is 7. The molecular weight excluding hydrogens is 314 g/mol. The molecule has 0 aliphatic carbocycles. The van der Waals surface area contributed by atoms with Crippen molar-refractivity contribution in [2.24, 2.45) is 5.92 Å². The van der Waals surface area contributed by atoms with Gasteiger partial charge in [0.25, 0.3) is 0 Å². The number of H-pyrrole nitrogens is 1. The SMILES string of the molecule is CC(SCC(=O)N[C@@H](C(=O)O)C(C)C)c1nc2ccccc2[nH]1. The van der Waals surface area contributed by atoms with Crippen LogP contribution in [0.1, 0.15) is 31.8 Å². The number of aliphatic carboxylic acids is 1. The van der Waals surface area contributed by atoms with Crippen LogP contribution in [0.2, 0.25) is 0 Å². The van der Waals surface area contributed by atoms with Gasteiger partial charge in [-0.3, -0.25) is 4.79 Å². The van der Waals surface area contributed by atoms with Gasteiger partial charge in [0.1, 0.15) is 11.9 Å². The molecule has 0 bridgehead atoms. The molecule has 0 aliphatic heterocycles. The summed E-state index contributed by atoms with van der Waals surface area (Å²) in [4.78, 5) is 30.8. The van der Waals surface area contributed by atoms with Crippen molar-refractivity contribution in [2.75, 3.05) is 5.75 Å². The molecule has 1 amide bonds. The Morgan fingerprint density at radius 2 is 2.00 bits per heavy atom. The molecule has 1 heterocycles. The van der Waals surface area contributed by atoms with Crippen LogP contribution in [0.4, 0.5) is 0 Å². The first-order chi connectivity index (χ1) is 10.9. The number of hydrogen-bond acceptors (Lipinski definition) is 4. The fourth-order valence-corrected chi connectivity index (χ4v) is 2.93. The first-order valence-electron chi connectivity index (χ1n) is 7.47. The van der Waals surface area contributed by atoms with E-state index in [9.17, 15) is 9.59 Å². The molecule has 0 saturated carbocycles. The van der Waals surface area contributed by atoms with Gasteiger partial charge in [0.05, 0.1) is 22.0 Å². The highest BCUT2D eigenvalue weighted by Crippen LogP contribution is 2.27. The maximum atomic E-state index is 11.9. The standard InChI is InChI=1S/C16H21N3O3S/c1-9(2)14(16(21)22)19-13(20)8-23-10(3)15-17-11-6-4-5-7-12(11)18-15/h4-7,9-10,14H,8H2,1-3H3,(H,17,18)(H,19,20)(H,21,22)/t10?,14-/m1/s1. The number of amides is 1. The Hall–Kier alpha value is -2.02. The third-order valence-electron chi connectivity index (χ3n) is 3.51. The van der Waals surface area contributed by atoms with E-state index in [1.165, 1.54) is 11.8 Å². The number of fused-ring (bicyclic) bond motifs is 1. The summed E-state index contributed by atoms with van der Waals surface area (Å²) in [6, 6.07) is 6.89. The predicted octanol–water partition coefficient (Wildman–Crippen LogP) is 2.58. The quantitative estimate of drug-likeness (QED) is 0.723. The number of carbonyl (C=O) groups is 2. The van der Waals surface area contributed by atoms with Crippen LogP contribution in [0.15, 0.2) is 24.3 Å². The first kappa shape index (κ1) is 17.3. The van der Waals surface area contributed by atoms with E-state index >= 15 is 0 Å². The number of aromatic amines is 1. The first-order valence-corrected chi connectivity index (χ1v) is 8.51. The number of imidazole rings is 1. The lowest BCUT2D eigenvalue weighted by Crippen LogP contribution is -2.45. The van der Waals surface area contributed by atoms with Gasteiger partial charge in [0.2, 0.25) is 5.91 Å². The minimum atomic E-state index is -1.01. The highest BCUT2D eigenvalue weighted by molar-refractivity contribution is 8.00. The van der Waals surface area contributed by atoms with Crippen LogP contribution in [0.5, 0.6) is 0 Å². The fourth-order valence-electron chi connectivity index (χ4n) is 2.17. The molecule has 1 aromatic heterocycles. The van der Waals surface area contributed by atoms with Crippen LogP contribution in [-0.4, -0.2) is 38.7 Å². The minimum absolute atomic E-state index is 0.00970. The fraction of sp³-hybridized carbons (Fsp3) is 0.438. The molecule has 0 radical (unpaired) electrons. The Labute approximate surface area is 139 Å². The number of nitrogens with one attached hydrogen (secondary N) is 2. The molecule has 2 atom stereocenters. The normalized spacial score (nSPS) is 13.9. The van der Waals surface area contributed by atoms with Gasteiger partial charge in [-0.25, -0.2) is 9.78 Å². The van der Waals surface area contributed by atoms with Crippen molar-refractivity contribution >= 4 is 34.7 Å². The third kappa shape index (κ3) is 4.48. The third-order valence-corrected chi connectivity index (χ3v) is 4.66. The van der Waals surface area contributed by atoms with Gasteiger partial charge in [0, 0.05) is 0 Å². The highest BCUT2D eigenvalue weighted by Gasteiger charge is 2.23. The molecule has 23 heavy (non-hydrogen) atoms. The van der Waals surface area contributed by atoms with E-state index in [1.54, 1.807) is 13.8 Å². The van der Waals surface area contributed by atoms with Gasteiger partial charge >= 0.3 is 5.97 Å². The lowest BCUT2D eigenvalue weighted by molar-refractivity contribution is -0.142. The predicted molar refractivity (Wildman–Crippen MR) is 91.4 cm³/mol. The van der Waals surface area contributed by atoms with E-state index < -0.39 is 12.0 Å². The van der Waals surface area contributed by atoms with E-state index in [2.05, 4.69) is 15.3 Å². The van der Waals surface area contributed by atoms with Crippen LogP contribution < -0.4 is 5.32 Å². The summed E-state index contributed by atoms with van der Waals surface area (Å²) in [5.74, 6) is -0.450. The number of carbonyl (C=O) groups excluding carboxylic acids is 1. The maximum Gasteiger partial charge on any atom is 0.326 e. The van der Waals surface area contributed by atoms with E-state index in [0.717, 1.165) is 16.9 Å². The highest BCUT2D eigenvalue weighted by atomic mass is 32.2. The van der Waals surface area contributed by atoms with Crippen molar-refractivity contribution in [2.45, 2.75) is 32.1 Å². The molecule has 6 nitrogen and oxygen atoms in total. The molecular formula is C16H21N3O3S. The maximum absolute atomic E-state index is 11.9. The molecule has 124 valence electrons. The molecule has 1 unspecified atom stereocenters. The summed E-state index contributed by atoms with van der Waals surface area (Å²) in [6.07, 6.45) is 0. The van der Waals surface area contributed by atoms with Crippen molar-refractivity contribution in [3.05, 3.63) is 30.1 Å². The molecule has 2 rings (SSSR count). The number of aromatic nitrogens is 2. The minimum Gasteiger partial charge on any atom is -0.480 e. The Morgan fingerprint density at radius 1 is 1.30 bits per heavy atom. The van der Waals surface area contributed by atoms with Gasteiger partial charge in [-0.2, -0.15) is 0 Å². The van der Waals surface area contributed by atoms with E-state index in [4.69, 9.17) is 5.11 Å². The Kier molecular flexibility index (Phi) is 5.65. The number of hydrogen-bond donors (Lipinski definition) is 3. The van der Waals surface area contributed by atoms with E-state index in [0.29, 0.717) is 0 Å². The molecule has 0 fully saturated rings. The largest absolute Gasteiger partial charge is 0.480 e. The van der Waals surface area contributed by atoms with Gasteiger partial charge in [0.15, 0.2) is 0 Å². The zero-order valence-electron chi connectivity index (χ0n) is 13.4. The summed E-state index contributed by atoms with van der Waals surface area (Å²) in [7, 11) is 0. The number of thioether (sulfide) groups is 1. The molecule has 0 aliphatic rings. The van der Waals surface area contributed by atoms with Crippen LogP contribution in [0.3, 0.4) is 0 Å². The summed E-state index contributed by atoms with van der Waals surface area (Å²) < 4.78 is 0. The monoisotopic (exact) mass is 335 g/mol. The summed E-state index contributed by atoms with van der Waals surface area (Å²) in [6.45, 7) is 5.50.